The Morgan fingerprint density at radius 2 is 1.94 bits per heavy atom. The van der Waals surface area contributed by atoms with Gasteiger partial charge in [0.15, 0.2) is 0 Å². The Bertz CT molecular complexity index is 409. The third-order valence-electron chi connectivity index (χ3n) is 4.15. The van der Waals surface area contributed by atoms with Gasteiger partial charge in [0.05, 0.1) is 12.8 Å². The number of hydrogen-bond acceptors (Lipinski definition) is 3. The summed E-state index contributed by atoms with van der Waals surface area (Å²) in [5, 5.41) is 3.43. The Morgan fingerprint density at radius 3 is 2.50 bits per heavy atom. The second-order valence-corrected chi connectivity index (χ2v) is 5.47. The topological polar surface area (TPSA) is 24.5 Å². The van der Waals surface area contributed by atoms with E-state index >= 15 is 0 Å². The van der Waals surface area contributed by atoms with Gasteiger partial charge in [-0.25, -0.2) is 0 Å². The van der Waals surface area contributed by atoms with Crippen molar-refractivity contribution in [2.75, 3.05) is 32.1 Å². The third kappa shape index (κ3) is 2.61. The molecular formula is C15H24N2O. The van der Waals surface area contributed by atoms with Crippen LogP contribution in [-0.4, -0.2) is 32.8 Å². The molecule has 1 aliphatic rings. The monoisotopic (exact) mass is 248 g/mol. The molecule has 3 nitrogen and oxygen atoms in total. The zero-order chi connectivity index (χ0) is 13.2. The van der Waals surface area contributed by atoms with Gasteiger partial charge < -0.3 is 15.0 Å². The lowest BCUT2D eigenvalue weighted by Gasteiger charge is -2.40. The summed E-state index contributed by atoms with van der Waals surface area (Å²) < 4.78 is 5.47. The fourth-order valence-corrected chi connectivity index (χ4v) is 2.54. The van der Waals surface area contributed by atoms with Crippen LogP contribution in [0.25, 0.3) is 0 Å². The highest BCUT2D eigenvalue weighted by atomic mass is 16.5. The van der Waals surface area contributed by atoms with Crippen molar-refractivity contribution < 1.29 is 4.74 Å². The second kappa shape index (κ2) is 5.19. The van der Waals surface area contributed by atoms with Crippen LogP contribution in [-0.2, 0) is 0 Å². The van der Waals surface area contributed by atoms with E-state index < -0.39 is 0 Å². The first-order chi connectivity index (χ1) is 8.58. The average molecular weight is 248 g/mol. The van der Waals surface area contributed by atoms with Gasteiger partial charge in [0.2, 0.25) is 0 Å². The molecule has 1 fully saturated rings. The maximum absolute atomic E-state index is 5.47. The van der Waals surface area contributed by atoms with Gasteiger partial charge in [-0.15, -0.1) is 0 Å². The highest BCUT2D eigenvalue weighted by Gasteiger charge is 2.29. The predicted octanol–water partition coefficient (Wildman–Crippen LogP) is 2.58. The van der Waals surface area contributed by atoms with Crippen LogP contribution in [0.5, 0.6) is 5.75 Å². The van der Waals surface area contributed by atoms with Gasteiger partial charge in [0, 0.05) is 18.6 Å². The third-order valence-corrected chi connectivity index (χ3v) is 4.15. The summed E-state index contributed by atoms with van der Waals surface area (Å²) in [5.74, 6) is 0.980. The summed E-state index contributed by atoms with van der Waals surface area (Å²) in [7, 11) is 3.80. The van der Waals surface area contributed by atoms with Gasteiger partial charge in [-0.1, -0.05) is 6.07 Å². The molecule has 0 saturated carbocycles. The van der Waals surface area contributed by atoms with Crippen molar-refractivity contribution in [3.05, 3.63) is 23.8 Å². The van der Waals surface area contributed by atoms with Crippen molar-refractivity contribution in [1.82, 2.24) is 5.32 Å². The Labute approximate surface area is 110 Å². The lowest BCUT2D eigenvalue weighted by Crippen LogP contribution is -2.50. The lowest BCUT2D eigenvalue weighted by molar-refractivity contribution is 0.303. The Morgan fingerprint density at radius 1 is 1.28 bits per heavy atom. The van der Waals surface area contributed by atoms with Crippen LogP contribution in [0, 0.1) is 6.92 Å². The summed E-state index contributed by atoms with van der Waals surface area (Å²) in [4.78, 5) is 2.44. The van der Waals surface area contributed by atoms with E-state index in [1.165, 1.54) is 24.1 Å². The Kier molecular flexibility index (Phi) is 3.81. The molecule has 1 aromatic rings. The number of benzene rings is 1. The van der Waals surface area contributed by atoms with Crippen molar-refractivity contribution >= 4 is 5.69 Å². The van der Waals surface area contributed by atoms with Crippen LogP contribution in [0.15, 0.2) is 18.2 Å². The molecule has 0 spiro atoms. The van der Waals surface area contributed by atoms with Crippen LogP contribution in [0.4, 0.5) is 5.69 Å². The Hall–Kier alpha value is -1.22. The largest absolute Gasteiger partial charge is 0.495 e. The van der Waals surface area contributed by atoms with Crippen molar-refractivity contribution in [2.24, 2.45) is 0 Å². The van der Waals surface area contributed by atoms with Crippen LogP contribution in [0.3, 0.4) is 0 Å². The fourth-order valence-electron chi connectivity index (χ4n) is 2.54. The maximum Gasteiger partial charge on any atom is 0.142 e. The first-order valence-electron chi connectivity index (χ1n) is 6.66. The number of nitrogens with one attached hydrogen (secondary N) is 1. The van der Waals surface area contributed by atoms with Crippen LogP contribution < -0.4 is 15.0 Å². The molecule has 0 amide bonds. The van der Waals surface area contributed by atoms with E-state index in [0.717, 1.165) is 18.8 Å². The zero-order valence-corrected chi connectivity index (χ0v) is 11.9. The minimum atomic E-state index is 0.285. The van der Waals surface area contributed by atoms with Gasteiger partial charge in [0.1, 0.15) is 5.75 Å². The molecule has 3 heteroatoms. The zero-order valence-electron chi connectivity index (χ0n) is 11.9. The minimum Gasteiger partial charge on any atom is -0.495 e. The SMILES string of the molecule is CNC1(C)CCN(c2cc(C)ccc2OC)CC1. The quantitative estimate of drug-likeness (QED) is 0.890. The van der Waals surface area contributed by atoms with E-state index in [0.29, 0.717) is 0 Å². The highest BCUT2D eigenvalue weighted by Crippen LogP contribution is 2.33. The summed E-state index contributed by atoms with van der Waals surface area (Å²) in [6, 6.07) is 6.39. The van der Waals surface area contributed by atoms with Gasteiger partial charge in [-0.2, -0.15) is 0 Å². The van der Waals surface area contributed by atoms with E-state index in [1.807, 2.05) is 0 Å². The molecule has 0 aliphatic carbocycles. The molecule has 0 bridgehead atoms. The van der Waals surface area contributed by atoms with E-state index in [2.05, 4.69) is 49.3 Å². The van der Waals surface area contributed by atoms with Crippen molar-refractivity contribution in [3.63, 3.8) is 0 Å². The molecule has 2 rings (SSSR count). The molecule has 100 valence electrons. The van der Waals surface area contributed by atoms with E-state index in [-0.39, 0.29) is 5.54 Å². The smallest absolute Gasteiger partial charge is 0.142 e. The number of anilines is 1. The van der Waals surface area contributed by atoms with Crippen molar-refractivity contribution in [2.45, 2.75) is 32.2 Å². The highest BCUT2D eigenvalue weighted by molar-refractivity contribution is 5.60. The number of hydrogen-bond donors (Lipinski definition) is 1. The molecule has 1 N–H and O–H groups in total. The predicted molar refractivity (Wildman–Crippen MR) is 76.6 cm³/mol. The summed E-state index contributed by atoms with van der Waals surface area (Å²) in [6.45, 7) is 6.59. The molecule has 0 atom stereocenters. The molecular weight excluding hydrogens is 224 g/mol. The molecule has 0 aromatic heterocycles. The van der Waals surface area contributed by atoms with Crippen LogP contribution in [0.2, 0.25) is 0 Å². The summed E-state index contributed by atoms with van der Waals surface area (Å²) >= 11 is 0. The molecule has 1 heterocycles. The fraction of sp³-hybridized carbons (Fsp3) is 0.600. The first kappa shape index (κ1) is 13.2. The molecule has 0 unspecified atom stereocenters. The molecule has 0 radical (unpaired) electrons. The number of aryl methyl sites for hydroxylation is 1. The summed E-state index contributed by atoms with van der Waals surface area (Å²) in [6.07, 6.45) is 2.33. The van der Waals surface area contributed by atoms with E-state index in [1.54, 1.807) is 7.11 Å². The van der Waals surface area contributed by atoms with Gasteiger partial charge in [0.25, 0.3) is 0 Å². The van der Waals surface area contributed by atoms with Crippen molar-refractivity contribution in [3.8, 4) is 5.75 Å². The van der Waals surface area contributed by atoms with Gasteiger partial charge in [-0.05, 0) is 51.4 Å². The maximum atomic E-state index is 5.47. The second-order valence-electron chi connectivity index (χ2n) is 5.47. The normalized spacial score (nSPS) is 18.8. The molecule has 18 heavy (non-hydrogen) atoms. The molecule has 1 saturated heterocycles. The van der Waals surface area contributed by atoms with E-state index in [4.69, 9.17) is 4.74 Å². The number of methoxy groups -OCH3 is 1. The van der Waals surface area contributed by atoms with Gasteiger partial charge >= 0.3 is 0 Å². The average Bonchev–Trinajstić information content (AvgIpc) is 2.39. The number of ether oxygens (including phenoxy) is 1. The molecule has 1 aromatic carbocycles. The van der Waals surface area contributed by atoms with Gasteiger partial charge in [-0.3, -0.25) is 0 Å². The van der Waals surface area contributed by atoms with Crippen LogP contribution in [0.1, 0.15) is 25.3 Å². The molecule has 1 aliphatic heterocycles. The van der Waals surface area contributed by atoms with E-state index in [9.17, 15) is 0 Å². The lowest BCUT2D eigenvalue weighted by atomic mass is 9.89. The standard InChI is InChI=1S/C15H24N2O/c1-12-5-6-14(18-4)13(11-12)17-9-7-15(2,16-3)8-10-17/h5-6,11,16H,7-10H2,1-4H3. The first-order valence-corrected chi connectivity index (χ1v) is 6.66. The summed E-state index contributed by atoms with van der Waals surface area (Å²) in [5.41, 5.74) is 2.80. The Balaban J connectivity index is 2.16. The number of nitrogens with zero attached hydrogens (tertiary/aromatic N) is 1. The number of rotatable bonds is 3. The van der Waals surface area contributed by atoms with Crippen molar-refractivity contribution in [1.29, 1.82) is 0 Å². The number of piperidine rings is 1. The minimum absolute atomic E-state index is 0.285. The van der Waals surface area contributed by atoms with Crippen LogP contribution >= 0.6 is 0 Å².